The molecule has 3 rings (SSSR count). The van der Waals surface area contributed by atoms with Crippen LogP contribution in [0.15, 0.2) is 63.5 Å². The summed E-state index contributed by atoms with van der Waals surface area (Å²) in [6.45, 7) is -0.352. The molecule has 0 N–H and O–H groups in total. The van der Waals surface area contributed by atoms with Gasteiger partial charge in [0.05, 0.1) is 5.56 Å². The first-order chi connectivity index (χ1) is 10.6. The Bertz CT molecular complexity index is 800. The van der Waals surface area contributed by atoms with Gasteiger partial charge in [0, 0.05) is 9.86 Å². The molecule has 0 aliphatic rings. The molecule has 2 aromatic carbocycles. The summed E-state index contributed by atoms with van der Waals surface area (Å²) in [6.07, 6.45) is 0. The molecule has 1 aromatic heterocycles. The predicted octanol–water partition coefficient (Wildman–Crippen LogP) is 4.24. The van der Waals surface area contributed by atoms with E-state index in [0.29, 0.717) is 11.1 Å². The number of ketones is 1. The first kappa shape index (κ1) is 14.5. The summed E-state index contributed by atoms with van der Waals surface area (Å²) in [5, 5.41) is 0.838. The van der Waals surface area contributed by atoms with Crippen molar-refractivity contribution in [1.82, 2.24) is 0 Å². The van der Waals surface area contributed by atoms with Crippen molar-refractivity contribution in [3.63, 3.8) is 0 Å². The molecule has 0 saturated carbocycles. The van der Waals surface area contributed by atoms with E-state index in [1.165, 1.54) is 0 Å². The van der Waals surface area contributed by atoms with Gasteiger partial charge in [-0.1, -0.05) is 34.1 Å². The summed E-state index contributed by atoms with van der Waals surface area (Å²) < 4.78 is 11.3. The second-order valence-electron chi connectivity index (χ2n) is 4.65. The highest BCUT2D eigenvalue weighted by Gasteiger charge is 2.15. The molecule has 0 spiro atoms. The number of hydrogen-bond donors (Lipinski definition) is 0. The van der Waals surface area contributed by atoms with Gasteiger partial charge in [-0.05, 0) is 36.4 Å². The number of esters is 1. The first-order valence-electron chi connectivity index (χ1n) is 6.58. The molecule has 0 atom stereocenters. The van der Waals surface area contributed by atoms with Gasteiger partial charge in [0.2, 0.25) is 5.78 Å². The fraction of sp³-hybridized carbons (Fsp3) is 0.0588. The number of ether oxygens (including phenoxy) is 1. The molecule has 0 fully saturated rings. The van der Waals surface area contributed by atoms with E-state index in [9.17, 15) is 9.59 Å². The van der Waals surface area contributed by atoms with Crippen molar-refractivity contribution in [2.24, 2.45) is 0 Å². The predicted molar refractivity (Wildman–Crippen MR) is 85.0 cm³/mol. The summed E-state index contributed by atoms with van der Waals surface area (Å²) >= 11 is 3.29. The maximum absolute atomic E-state index is 12.0. The molecule has 4 nitrogen and oxygen atoms in total. The molecule has 110 valence electrons. The molecule has 0 unspecified atom stereocenters. The molecule has 22 heavy (non-hydrogen) atoms. The molecular formula is C17H11BrO4. The Morgan fingerprint density at radius 2 is 1.77 bits per heavy atom. The zero-order valence-corrected chi connectivity index (χ0v) is 13.0. The number of para-hydroxylation sites is 1. The second-order valence-corrected chi connectivity index (χ2v) is 5.57. The number of furan rings is 1. The Labute approximate surface area is 134 Å². The molecule has 0 bridgehead atoms. The van der Waals surface area contributed by atoms with Gasteiger partial charge >= 0.3 is 5.97 Å². The van der Waals surface area contributed by atoms with Crippen LogP contribution < -0.4 is 0 Å². The van der Waals surface area contributed by atoms with Gasteiger partial charge in [0.15, 0.2) is 12.4 Å². The molecule has 0 aliphatic heterocycles. The van der Waals surface area contributed by atoms with Crippen molar-refractivity contribution in [2.75, 3.05) is 6.61 Å². The van der Waals surface area contributed by atoms with Gasteiger partial charge in [-0.3, -0.25) is 4.79 Å². The highest BCUT2D eigenvalue weighted by molar-refractivity contribution is 9.10. The maximum Gasteiger partial charge on any atom is 0.338 e. The third-order valence-corrected chi connectivity index (χ3v) is 3.64. The summed E-state index contributed by atoms with van der Waals surface area (Å²) in [5.41, 5.74) is 1.02. The van der Waals surface area contributed by atoms with Gasteiger partial charge < -0.3 is 9.15 Å². The van der Waals surface area contributed by atoms with E-state index in [1.54, 1.807) is 36.4 Å². The fourth-order valence-electron chi connectivity index (χ4n) is 1.99. The van der Waals surface area contributed by atoms with Crippen LogP contribution in [0.25, 0.3) is 11.0 Å². The van der Waals surface area contributed by atoms with E-state index in [0.717, 1.165) is 9.86 Å². The highest BCUT2D eigenvalue weighted by Crippen LogP contribution is 2.19. The van der Waals surface area contributed by atoms with Crippen LogP contribution in [0.2, 0.25) is 0 Å². The lowest BCUT2D eigenvalue weighted by Gasteiger charge is -2.03. The van der Waals surface area contributed by atoms with Crippen molar-refractivity contribution >= 4 is 38.7 Å². The van der Waals surface area contributed by atoms with Gasteiger partial charge in [0.25, 0.3) is 0 Å². The number of rotatable bonds is 4. The third kappa shape index (κ3) is 3.09. The van der Waals surface area contributed by atoms with Crippen LogP contribution in [-0.2, 0) is 4.74 Å². The van der Waals surface area contributed by atoms with Crippen LogP contribution in [0.1, 0.15) is 20.9 Å². The monoisotopic (exact) mass is 358 g/mol. The Kier molecular flexibility index (Phi) is 4.06. The standard InChI is InChI=1S/C17H11BrO4/c18-13-7-5-11(6-8-13)17(20)21-10-14(19)16-9-12-3-1-2-4-15(12)22-16/h1-9H,10H2. The lowest BCUT2D eigenvalue weighted by molar-refractivity contribution is 0.0468. The topological polar surface area (TPSA) is 56.5 Å². The average Bonchev–Trinajstić information content (AvgIpc) is 2.97. The molecule has 1 heterocycles. The summed E-state index contributed by atoms with van der Waals surface area (Å²) in [4.78, 5) is 23.9. The van der Waals surface area contributed by atoms with E-state index < -0.39 is 5.97 Å². The minimum Gasteiger partial charge on any atom is -0.454 e. The largest absolute Gasteiger partial charge is 0.454 e. The van der Waals surface area contributed by atoms with Gasteiger partial charge in [-0.15, -0.1) is 0 Å². The van der Waals surface area contributed by atoms with Crippen LogP contribution in [0.5, 0.6) is 0 Å². The van der Waals surface area contributed by atoms with Gasteiger partial charge in [-0.25, -0.2) is 4.79 Å². The van der Waals surface area contributed by atoms with Crippen LogP contribution in [0, 0.1) is 0 Å². The van der Waals surface area contributed by atoms with E-state index in [1.807, 2.05) is 18.2 Å². The lowest BCUT2D eigenvalue weighted by atomic mass is 10.2. The van der Waals surface area contributed by atoms with Crippen LogP contribution in [0.4, 0.5) is 0 Å². The highest BCUT2D eigenvalue weighted by atomic mass is 79.9. The number of carbonyl (C=O) groups is 2. The number of halogens is 1. The van der Waals surface area contributed by atoms with Crippen molar-refractivity contribution in [1.29, 1.82) is 0 Å². The lowest BCUT2D eigenvalue weighted by Crippen LogP contribution is -2.13. The van der Waals surface area contributed by atoms with E-state index in [2.05, 4.69) is 15.9 Å². The maximum atomic E-state index is 12.0. The van der Waals surface area contributed by atoms with Crippen molar-refractivity contribution in [3.05, 3.63) is 70.4 Å². The summed E-state index contributed by atoms with van der Waals surface area (Å²) in [5.74, 6) is -0.733. The van der Waals surface area contributed by atoms with Gasteiger partial charge in [-0.2, -0.15) is 0 Å². The SMILES string of the molecule is O=C(OCC(=O)c1cc2ccccc2o1)c1ccc(Br)cc1. The Morgan fingerprint density at radius 3 is 2.50 bits per heavy atom. The molecule has 0 amide bonds. The van der Waals surface area contributed by atoms with E-state index in [-0.39, 0.29) is 18.2 Å². The number of fused-ring (bicyclic) bond motifs is 1. The van der Waals surface area contributed by atoms with E-state index >= 15 is 0 Å². The molecule has 5 heteroatoms. The minimum absolute atomic E-state index is 0.185. The molecular weight excluding hydrogens is 348 g/mol. The summed E-state index contributed by atoms with van der Waals surface area (Å²) in [6, 6.07) is 15.7. The van der Waals surface area contributed by atoms with Crippen LogP contribution in [0.3, 0.4) is 0 Å². The van der Waals surface area contributed by atoms with Crippen molar-refractivity contribution in [3.8, 4) is 0 Å². The van der Waals surface area contributed by atoms with E-state index in [4.69, 9.17) is 9.15 Å². The number of carbonyl (C=O) groups excluding carboxylic acids is 2. The zero-order chi connectivity index (χ0) is 15.5. The minimum atomic E-state index is -0.544. The molecule has 0 saturated heterocycles. The molecule has 0 aliphatic carbocycles. The Balaban J connectivity index is 1.66. The number of Topliss-reactive ketones (excluding diaryl/α,β-unsaturated/α-hetero) is 1. The summed E-state index contributed by atoms with van der Waals surface area (Å²) in [7, 11) is 0. The van der Waals surface area contributed by atoms with Crippen molar-refractivity contribution < 1.29 is 18.7 Å². The number of hydrogen-bond acceptors (Lipinski definition) is 4. The Hall–Kier alpha value is -2.40. The normalized spacial score (nSPS) is 10.6. The van der Waals surface area contributed by atoms with Gasteiger partial charge in [0.1, 0.15) is 5.58 Å². The second kappa shape index (κ2) is 6.15. The third-order valence-electron chi connectivity index (χ3n) is 3.11. The first-order valence-corrected chi connectivity index (χ1v) is 7.37. The smallest absolute Gasteiger partial charge is 0.338 e. The molecule has 3 aromatic rings. The van der Waals surface area contributed by atoms with Crippen LogP contribution >= 0.6 is 15.9 Å². The fourth-order valence-corrected chi connectivity index (χ4v) is 2.26. The zero-order valence-electron chi connectivity index (χ0n) is 11.4. The quantitative estimate of drug-likeness (QED) is 0.517. The molecule has 0 radical (unpaired) electrons. The number of benzene rings is 2. The van der Waals surface area contributed by atoms with Crippen molar-refractivity contribution in [2.45, 2.75) is 0 Å². The average molecular weight is 359 g/mol. The van der Waals surface area contributed by atoms with Crippen LogP contribution in [-0.4, -0.2) is 18.4 Å². The Morgan fingerprint density at radius 1 is 1.05 bits per heavy atom.